The predicted octanol–water partition coefficient (Wildman–Crippen LogP) is 3.72. The molecule has 3 aromatic rings. The third-order valence-corrected chi connectivity index (χ3v) is 3.50. The molecule has 0 saturated carbocycles. The molecule has 4 nitrogen and oxygen atoms in total. The summed E-state index contributed by atoms with van der Waals surface area (Å²) in [6.07, 6.45) is 5.07. The van der Waals surface area contributed by atoms with Gasteiger partial charge in [0.25, 0.3) is 0 Å². The second kappa shape index (κ2) is 5.61. The first kappa shape index (κ1) is 13.1. The van der Waals surface area contributed by atoms with Gasteiger partial charge < -0.3 is 0 Å². The van der Waals surface area contributed by atoms with Crippen molar-refractivity contribution in [3.05, 3.63) is 59.8 Å². The molecule has 0 aliphatic heterocycles. The van der Waals surface area contributed by atoms with Crippen molar-refractivity contribution in [3.63, 3.8) is 0 Å². The highest BCUT2D eigenvalue weighted by Gasteiger charge is 2.12. The molecule has 0 unspecified atom stereocenters. The molecule has 0 aliphatic carbocycles. The Balaban J connectivity index is 2.05. The highest BCUT2D eigenvalue weighted by atomic mass is 35.5. The molecule has 3 rings (SSSR count). The zero-order valence-electron chi connectivity index (χ0n) is 10.4. The summed E-state index contributed by atoms with van der Waals surface area (Å²) in [4.78, 5) is 8.14. The molecule has 100 valence electrons. The smallest absolute Gasteiger partial charge is 0.162 e. The SMILES string of the molecule is ClCc1c(Cl)ncnc1-n1cc(-c2ccccc2)cn1. The maximum atomic E-state index is 6.03. The minimum absolute atomic E-state index is 0.232. The molecule has 2 aromatic heterocycles. The van der Waals surface area contributed by atoms with E-state index < -0.39 is 0 Å². The maximum Gasteiger partial charge on any atom is 0.162 e. The van der Waals surface area contributed by atoms with Crippen molar-refractivity contribution in [1.82, 2.24) is 19.7 Å². The lowest BCUT2D eigenvalue weighted by atomic mass is 10.1. The first-order valence-corrected chi connectivity index (χ1v) is 6.86. The van der Waals surface area contributed by atoms with Gasteiger partial charge in [-0.2, -0.15) is 5.10 Å². The van der Waals surface area contributed by atoms with E-state index in [9.17, 15) is 0 Å². The van der Waals surface area contributed by atoms with Crippen molar-refractivity contribution in [1.29, 1.82) is 0 Å². The van der Waals surface area contributed by atoms with Crippen molar-refractivity contribution in [2.24, 2.45) is 0 Å². The summed E-state index contributed by atoms with van der Waals surface area (Å²) in [6.45, 7) is 0. The van der Waals surface area contributed by atoms with E-state index in [0.29, 0.717) is 16.5 Å². The first-order chi connectivity index (χ1) is 9.79. The molecule has 0 fully saturated rings. The van der Waals surface area contributed by atoms with Crippen LogP contribution in [0.15, 0.2) is 49.1 Å². The van der Waals surface area contributed by atoms with Crippen LogP contribution in [-0.2, 0) is 5.88 Å². The molecule has 20 heavy (non-hydrogen) atoms. The third kappa shape index (κ3) is 2.40. The number of hydrogen-bond acceptors (Lipinski definition) is 3. The van der Waals surface area contributed by atoms with Crippen LogP contribution in [0.25, 0.3) is 16.9 Å². The molecule has 0 atom stereocenters. The maximum absolute atomic E-state index is 6.03. The van der Waals surface area contributed by atoms with Gasteiger partial charge in [-0.15, -0.1) is 11.6 Å². The Morgan fingerprint density at radius 2 is 1.85 bits per heavy atom. The Labute approximate surface area is 126 Å². The van der Waals surface area contributed by atoms with Crippen LogP contribution in [0.2, 0.25) is 5.15 Å². The number of alkyl halides is 1. The number of nitrogens with zero attached hydrogens (tertiary/aromatic N) is 4. The van der Waals surface area contributed by atoms with Gasteiger partial charge in [-0.1, -0.05) is 41.9 Å². The lowest BCUT2D eigenvalue weighted by Crippen LogP contribution is -2.03. The van der Waals surface area contributed by atoms with Gasteiger partial charge in [-0.25, -0.2) is 14.6 Å². The van der Waals surface area contributed by atoms with E-state index in [4.69, 9.17) is 23.2 Å². The van der Waals surface area contributed by atoms with Gasteiger partial charge in [0.05, 0.1) is 12.1 Å². The van der Waals surface area contributed by atoms with Crippen LogP contribution in [0.1, 0.15) is 5.56 Å². The summed E-state index contributed by atoms with van der Waals surface area (Å²) < 4.78 is 1.66. The predicted molar refractivity (Wildman–Crippen MR) is 79.2 cm³/mol. The van der Waals surface area contributed by atoms with Crippen LogP contribution in [0.4, 0.5) is 0 Å². The molecule has 0 bridgehead atoms. The van der Waals surface area contributed by atoms with E-state index in [0.717, 1.165) is 11.1 Å². The molecule has 0 amide bonds. The van der Waals surface area contributed by atoms with Crippen LogP contribution in [-0.4, -0.2) is 19.7 Å². The van der Waals surface area contributed by atoms with Gasteiger partial charge >= 0.3 is 0 Å². The van der Waals surface area contributed by atoms with Crippen molar-refractivity contribution >= 4 is 23.2 Å². The summed E-state index contributed by atoms with van der Waals surface area (Å²) in [5.74, 6) is 0.831. The molecule has 0 radical (unpaired) electrons. The highest BCUT2D eigenvalue weighted by molar-refractivity contribution is 6.31. The van der Waals surface area contributed by atoms with Crippen LogP contribution in [0.3, 0.4) is 0 Å². The molecule has 0 saturated heterocycles. The zero-order valence-corrected chi connectivity index (χ0v) is 11.9. The molecule has 0 aliphatic rings. The Hall–Kier alpha value is -1.91. The van der Waals surface area contributed by atoms with Crippen molar-refractivity contribution in [3.8, 4) is 16.9 Å². The molecular formula is C14H10Cl2N4. The van der Waals surface area contributed by atoms with Gasteiger partial charge in [0, 0.05) is 17.3 Å². The number of hydrogen-bond donors (Lipinski definition) is 0. The number of benzene rings is 1. The van der Waals surface area contributed by atoms with Gasteiger partial charge in [-0.3, -0.25) is 0 Å². The molecule has 2 heterocycles. The normalized spacial score (nSPS) is 10.7. The van der Waals surface area contributed by atoms with Crippen molar-refractivity contribution in [2.75, 3.05) is 0 Å². The van der Waals surface area contributed by atoms with E-state index in [-0.39, 0.29) is 5.88 Å². The van der Waals surface area contributed by atoms with Gasteiger partial charge in [0.1, 0.15) is 11.5 Å². The Morgan fingerprint density at radius 3 is 2.60 bits per heavy atom. The van der Waals surface area contributed by atoms with Gasteiger partial charge in [0.2, 0.25) is 0 Å². The Bertz CT molecular complexity index is 725. The second-order valence-electron chi connectivity index (χ2n) is 4.14. The monoisotopic (exact) mass is 304 g/mol. The number of rotatable bonds is 3. The molecular weight excluding hydrogens is 295 g/mol. The standard InChI is InChI=1S/C14H10Cl2N4/c15-6-12-13(16)17-9-18-14(12)20-8-11(7-19-20)10-4-2-1-3-5-10/h1-5,7-9H,6H2. The molecule has 0 N–H and O–H groups in total. The lowest BCUT2D eigenvalue weighted by Gasteiger charge is -2.06. The fourth-order valence-electron chi connectivity index (χ4n) is 1.91. The average Bonchev–Trinajstić information content (AvgIpc) is 2.97. The quantitative estimate of drug-likeness (QED) is 0.547. The average molecular weight is 305 g/mol. The summed E-state index contributed by atoms with van der Waals surface area (Å²) >= 11 is 11.9. The minimum Gasteiger partial charge on any atom is -0.224 e. The molecule has 0 spiro atoms. The first-order valence-electron chi connectivity index (χ1n) is 5.95. The Morgan fingerprint density at radius 1 is 1.05 bits per heavy atom. The third-order valence-electron chi connectivity index (χ3n) is 2.91. The molecule has 1 aromatic carbocycles. The topological polar surface area (TPSA) is 43.6 Å². The second-order valence-corrected chi connectivity index (χ2v) is 4.77. The largest absolute Gasteiger partial charge is 0.224 e. The summed E-state index contributed by atoms with van der Waals surface area (Å²) in [5.41, 5.74) is 2.76. The van der Waals surface area contributed by atoms with Crippen molar-refractivity contribution in [2.45, 2.75) is 5.88 Å². The fourth-order valence-corrected chi connectivity index (χ4v) is 2.42. The summed E-state index contributed by atoms with van der Waals surface area (Å²) in [6, 6.07) is 9.99. The van der Waals surface area contributed by atoms with Crippen LogP contribution in [0.5, 0.6) is 0 Å². The van der Waals surface area contributed by atoms with Gasteiger partial charge in [-0.05, 0) is 5.56 Å². The Kier molecular flexibility index (Phi) is 3.67. The van der Waals surface area contributed by atoms with E-state index in [1.165, 1.54) is 6.33 Å². The van der Waals surface area contributed by atoms with Crippen LogP contribution in [0, 0.1) is 0 Å². The van der Waals surface area contributed by atoms with E-state index in [1.54, 1.807) is 10.9 Å². The van der Waals surface area contributed by atoms with Crippen LogP contribution < -0.4 is 0 Å². The van der Waals surface area contributed by atoms with Gasteiger partial charge in [0.15, 0.2) is 5.82 Å². The summed E-state index contributed by atoms with van der Waals surface area (Å²) in [5, 5.41) is 4.67. The van der Waals surface area contributed by atoms with E-state index in [2.05, 4.69) is 15.1 Å². The highest BCUT2D eigenvalue weighted by Crippen LogP contribution is 2.23. The van der Waals surface area contributed by atoms with E-state index in [1.807, 2.05) is 36.5 Å². The van der Waals surface area contributed by atoms with Crippen molar-refractivity contribution < 1.29 is 0 Å². The lowest BCUT2D eigenvalue weighted by molar-refractivity contribution is 0.827. The number of halogens is 2. The fraction of sp³-hybridized carbons (Fsp3) is 0.0714. The zero-order chi connectivity index (χ0) is 13.9. The van der Waals surface area contributed by atoms with E-state index >= 15 is 0 Å². The molecule has 6 heteroatoms. The summed E-state index contributed by atoms with van der Waals surface area (Å²) in [7, 11) is 0. The minimum atomic E-state index is 0.232. The number of aromatic nitrogens is 4. The van der Waals surface area contributed by atoms with Crippen LogP contribution >= 0.6 is 23.2 Å².